The van der Waals surface area contributed by atoms with Gasteiger partial charge in [0.15, 0.2) is 0 Å². The Kier molecular flexibility index (Phi) is 3.41. The summed E-state index contributed by atoms with van der Waals surface area (Å²) in [5, 5.41) is 10.4. The fourth-order valence-corrected chi connectivity index (χ4v) is 4.30. The molecular weight excluding hydrogens is 284 g/mol. The van der Waals surface area contributed by atoms with Gasteiger partial charge in [-0.2, -0.15) is 0 Å². The monoisotopic (exact) mass is 306 g/mol. The summed E-state index contributed by atoms with van der Waals surface area (Å²) in [4.78, 5) is 0. The van der Waals surface area contributed by atoms with Crippen LogP contribution in [0.3, 0.4) is 0 Å². The van der Waals surface area contributed by atoms with Crippen molar-refractivity contribution in [2.45, 2.75) is 26.2 Å². The van der Waals surface area contributed by atoms with E-state index in [9.17, 15) is 5.11 Å². The number of benzene rings is 2. The van der Waals surface area contributed by atoms with Gasteiger partial charge in [-0.3, -0.25) is 0 Å². The predicted octanol–water partition coefficient (Wildman–Crippen LogP) is 5.19. The Morgan fingerprint density at radius 3 is 2.57 bits per heavy atom. The Morgan fingerprint density at radius 1 is 1.09 bits per heavy atom. The second-order valence-corrected chi connectivity index (χ2v) is 6.78. The van der Waals surface area contributed by atoms with Crippen LogP contribution in [-0.2, 0) is 0 Å². The summed E-state index contributed by atoms with van der Waals surface area (Å²) >= 11 is 0. The van der Waals surface area contributed by atoms with Crippen molar-refractivity contribution in [3.8, 4) is 22.6 Å². The van der Waals surface area contributed by atoms with Gasteiger partial charge in [-0.05, 0) is 78.5 Å². The van der Waals surface area contributed by atoms with Gasteiger partial charge in [0.1, 0.15) is 11.5 Å². The predicted molar refractivity (Wildman–Crippen MR) is 93.6 cm³/mol. The highest BCUT2D eigenvalue weighted by Gasteiger charge is 2.35. The third-order valence-electron chi connectivity index (χ3n) is 5.36. The third-order valence-corrected chi connectivity index (χ3v) is 5.36. The quantitative estimate of drug-likeness (QED) is 0.845. The van der Waals surface area contributed by atoms with E-state index in [0.29, 0.717) is 11.7 Å². The van der Waals surface area contributed by atoms with E-state index >= 15 is 0 Å². The number of aromatic hydroxyl groups is 1. The molecule has 4 rings (SSSR count). The van der Waals surface area contributed by atoms with Gasteiger partial charge in [-0.15, -0.1) is 0 Å². The zero-order valence-electron chi connectivity index (χ0n) is 13.7. The van der Waals surface area contributed by atoms with Crippen LogP contribution in [0, 0.1) is 18.8 Å². The molecule has 1 fully saturated rings. The van der Waals surface area contributed by atoms with E-state index < -0.39 is 0 Å². The van der Waals surface area contributed by atoms with Gasteiger partial charge >= 0.3 is 0 Å². The summed E-state index contributed by atoms with van der Waals surface area (Å²) < 4.78 is 5.48. The molecule has 2 aromatic carbocycles. The molecule has 2 aromatic rings. The minimum atomic E-state index is 0.324. The number of phenols is 1. The van der Waals surface area contributed by atoms with Gasteiger partial charge in [0.25, 0.3) is 0 Å². The Morgan fingerprint density at radius 2 is 1.91 bits per heavy atom. The van der Waals surface area contributed by atoms with E-state index in [1.165, 1.54) is 36.0 Å². The van der Waals surface area contributed by atoms with Crippen molar-refractivity contribution in [2.75, 3.05) is 7.11 Å². The van der Waals surface area contributed by atoms with Crippen molar-refractivity contribution in [3.05, 3.63) is 53.6 Å². The fourth-order valence-electron chi connectivity index (χ4n) is 4.30. The normalized spacial score (nSPS) is 22.3. The van der Waals surface area contributed by atoms with Crippen molar-refractivity contribution in [1.29, 1.82) is 0 Å². The molecule has 1 N–H and O–H groups in total. The number of phenolic OH excluding ortho intramolecular Hbond substituents is 1. The van der Waals surface area contributed by atoms with Gasteiger partial charge in [0.2, 0.25) is 0 Å². The van der Waals surface area contributed by atoms with E-state index in [4.69, 9.17) is 4.74 Å². The number of fused-ring (bicyclic) bond motifs is 2. The number of allylic oxidation sites excluding steroid dienone is 2. The number of para-hydroxylation sites is 1. The number of rotatable bonds is 3. The average molecular weight is 306 g/mol. The first-order chi connectivity index (χ1) is 11.2. The van der Waals surface area contributed by atoms with E-state index in [1.807, 2.05) is 18.2 Å². The fraction of sp³-hybridized carbons (Fsp3) is 0.333. The molecule has 2 atom stereocenters. The highest BCUT2D eigenvalue weighted by Crippen LogP contribution is 2.51. The molecular formula is C21H22O2. The van der Waals surface area contributed by atoms with Gasteiger partial charge in [-0.25, -0.2) is 0 Å². The lowest BCUT2D eigenvalue weighted by molar-refractivity contribution is 0.414. The molecule has 2 nitrogen and oxygen atoms in total. The zero-order valence-corrected chi connectivity index (χ0v) is 13.7. The maximum absolute atomic E-state index is 10.4. The van der Waals surface area contributed by atoms with Gasteiger partial charge < -0.3 is 9.84 Å². The third kappa shape index (κ3) is 2.33. The second kappa shape index (κ2) is 5.45. The lowest BCUT2D eigenvalue weighted by Gasteiger charge is -2.21. The van der Waals surface area contributed by atoms with Crippen molar-refractivity contribution < 1.29 is 9.84 Å². The second-order valence-electron chi connectivity index (χ2n) is 6.78. The molecule has 1 saturated carbocycles. The van der Waals surface area contributed by atoms with Crippen LogP contribution in [0.15, 0.2) is 42.5 Å². The minimum Gasteiger partial charge on any atom is -0.507 e. The maximum Gasteiger partial charge on any atom is 0.123 e. The summed E-state index contributed by atoms with van der Waals surface area (Å²) in [6, 6.07) is 11.7. The number of hydrogen-bond acceptors (Lipinski definition) is 2. The molecule has 0 heterocycles. The standard InChI is InChI=1S/C21H22O2/c1-13-9-16(23-2)12-19(17-5-3-4-6-20(17)22)21(13)18-11-14-7-8-15(18)10-14/h3-6,9,11-12,14-15,22H,7-8,10H2,1-2H3. The molecule has 0 aromatic heterocycles. The molecule has 2 heteroatoms. The van der Waals surface area contributed by atoms with E-state index in [-0.39, 0.29) is 0 Å². The van der Waals surface area contributed by atoms with Crippen LogP contribution in [0.1, 0.15) is 30.4 Å². The average Bonchev–Trinajstić information content (AvgIpc) is 3.17. The number of ether oxygens (including phenoxy) is 1. The Balaban J connectivity index is 1.95. The van der Waals surface area contributed by atoms with Crippen LogP contribution in [0.4, 0.5) is 0 Å². The zero-order chi connectivity index (χ0) is 16.0. The van der Waals surface area contributed by atoms with Crippen molar-refractivity contribution >= 4 is 5.57 Å². The van der Waals surface area contributed by atoms with E-state index in [2.05, 4.69) is 25.1 Å². The Hall–Kier alpha value is -2.22. The van der Waals surface area contributed by atoms with Crippen LogP contribution < -0.4 is 4.74 Å². The van der Waals surface area contributed by atoms with Gasteiger partial charge in [0, 0.05) is 5.56 Å². The summed E-state index contributed by atoms with van der Waals surface area (Å²) in [7, 11) is 1.69. The molecule has 0 saturated heterocycles. The molecule has 2 bridgehead atoms. The molecule has 2 unspecified atom stereocenters. The van der Waals surface area contributed by atoms with Gasteiger partial charge in [-0.1, -0.05) is 24.3 Å². The minimum absolute atomic E-state index is 0.324. The topological polar surface area (TPSA) is 29.5 Å². The molecule has 0 radical (unpaired) electrons. The Bertz CT molecular complexity index is 788. The maximum atomic E-state index is 10.4. The highest BCUT2D eigenvalue weighted by molar-refractivity contribution is 5.88. The van der Waals surface area contributed by atoms with E-state index in [0.717, 1.165) is 22.8 Å². The first kappa shape index (κ1) is 14.4. The van der Waals surface area contributed by atoms with Crippen LogP contribution in [0.5, 0.6) is 11.5 Å². The lowest BCUT2D eigenvalue weighted by atomic mass is 9.84. The first-order valence-electron chi connectivity index (χ1n) is 8.36. The number of aryl methyl sites for hydroxylation is 1. The summed E-state index contributed by atoms with van der Waals surface area (Å²) in [6.45, 7) is 2.15. The van der Waals surface area contributed by atoms with Crippen molar-refractivity contribution in [3.63, 3.8) is 0 Å². The molecule has 2 aliphatic rings. The molecule has 118 valence electrons. The van der Waals surface area contributed by atoms with Crippen LogP contribution >= 0.6 is 0 Å². The van der Waals surface area contributed by atoms with Crippen LogP contribution in [0.2, 0.25) is 0 Å². The number of methoxy groups -OCH3 is 1. The van der Waals surface area contributed by atoms with Crippen molar-refractivity contribution in [2.24, 2.45) is 11.8 Å². The molecule has 0 spiro atoms. The largest absolute Gasteiger partial charge is 0.507 e. The molecule has 23 heavy (non-hydrogen) atoms. The summed E-state index contributed by atoms with van der Waals surface area (Å²) in [5.41, 5.74) is 5.95. The molecule has 2 aliphatic carbocycles. The van der Waals surface area contributed by atoms with Gasteiger partial charge in [0.05, 0.1) is 7.11 Å². The highest BCUT2D eigenvalue weighted by atomic mass is 16.5. The first-order valence-corrected chi connectivity index (χ1v) is 8.36. The van der Waals surface area contributed by atoms with Crippen molar-refractivity contribution in [1.82, 2.24) is 0 Å². The van der Waals surface area contributed by atoms with E-state index in [1.54, 1.807) is 13.2 Å². The van der Waals surface area contributed by atoms with Crippen LogP contribution in [-0.4, -0.2) is 12.2 Å². The smallest absolute Gasteiger partial charge is 0.123 e. The summed E-state index contributed by atoms with van der Waals surface area (Å²) in [5.74, 6) is 2.59. The molecule has 0 amide bonds. The number of hydrogen-bond donors (Lipinski definition) is 1. The summed E-state index contributed by atoms with van der Waals surface area (Å²) in [6.07, 6.45) is 6.38. The SMILES string of the molecule is COc1cc(C)c(C2=CC3CCC2C3)c(-c2ccccc2O)c1. The Labute approximate surface area is 137 Å². The van der Waals surface area contributed by atoms with Crippen LogP contribution in [0.25, 0.3) is 16.7 Å². The lowest BCUT2D eigenvalue weighted by Crippen LogP contribution is -2.02. The molecule has 0 aliphatic heterocycles.